The quantitative estimate of drug-likeness (QED) is 0.708. The summed E-state index contributed by atoms with van der Waals surface area (Å²) in [5, 5.41) is 0. The third-order valence-corrected chi connectivity index (χ3v) is 5.47. The molecule has 3 rings (SSSR count). The molecule has 1 N–H and O–H groups in total. The number of hydrogen-bond acceptors (Lipinski definition) is 6. The van der Waals surface area contributed by atoms with E-state index in [0.717, 1.165) is 4.31 Å². The van der Waals surface area contributed by atoms with E-state index in [9.17, 15) is 18.0 Å². The third-order valence-electron chi connectivity index (χ3n) is 3.70. The molecule has 3 aromatic rings. The Balaban J connectivity index is 2.10. The Kier molecular flexibility index (Phi) is 4.09. The van der Waals surface area contributed by atoms with Crippen LogP contribution in [0, 0.1) is 0 Å². The van der Waals surface area contributed by atoms with Crippen molar-refractivity contribution in [3.63, 3.8) is 0 Å². The van der Waals surface area contributed by atoms with E-state index < -0.39 is 21.7 Å². The number of anilines is 1. The minimum atomic E-state index is -3.99. The third kappa shape index (κ3) is 2.89. The number of aromatic nitrogens is 1. The smallest absolute Gasteiger partial charge is 0.417 e. The van der Waals surface area contributed by atoms with Crippen molar-refractivity contribution < 1.29 is 22.4 Å². The maximum absolute atomic E-state index is 12.9. The Labute approximate surface area is 142 Å². The van der Waals surface area contributed by atoms with Crippen LogP contribution in [0.2, 0.25) is 0 Å². The zero-order valence-corrected chi connectivity index (χ0v) is 14.2. The standard InChI is InChI=1S/C16H14N2O6S/c1-18(13-6-4-3-5-11(13)15(19)23-2)25(21,22)10-7-8-12-14(9-10)24-16(20)17-12/h3-9H,1-2H3,(H,17,20). The van der Waals surface area contributed by atoms with E-state index >= 15 is 0 Å². The molecule has 0 saturated carbocycles. The first-order chi connectivity index (χ1) is 11.8. The van der Waals surface area contributed by atoms with Crippen molar-refractivity contribution in [1.29, 1.82) is 0 Å². The number of hydrogen-bond donors (Lipinski definition) is 1. The molecule has 25 heavy (non-hydrogen) atoms. The molecular weight excluding hydrogens is 348 g/mol. The van der Waals surface area contributed by atoms with Crippen LogP contribution >= 0.6 is 0 Å². The average molecular weight is 362 g/mol. The highest BCUT2D eigenvalue weighted by molar-refractivity contribution is 7.92. The summed E-state index contributed by atoms with van der Waals surface area (Å²) in [7, 11) is -1.44. The Bertz CT molecular complexity index is 1110. The van der Waals surface area contributed by atoms with Crippen LogP contribution in [0.5, 0.6) is 0 Å². The number of nitrogens with zero attached hydrogens (tertiary/aromatic N) is 1. The van der Waals surface area contributed by atoms with Crippen molar-refractivity contribution in [2.75, 3.05) is 18.5 Å². The fraction of sp³-hybridized carbons (Fsp3) is 0.125. The van der Waals surface area contributed by atoms with Gasteiger partial charge in [0.15, 0.2) is 5.58 Å². The lowest BCUT2D eigenvalue weighted by molar-refractivity contribution is 0.0601. The molecule has 1 aromatic heterocycles. The van der Waals surface area contributed by atoms with Crippen molar-refractivity contribution in [2.24, 2.45) is 0 Å². The van der Waals surface area contributed by atoms with Crippen LogP contribution in [0.15, 0.2) is 56.6 Å². The normalized spacial score (nSPS) is 11.4. The number of aromatic amines is 1. The molecular formula is C16H14N2O6S. The van der Waals surface area contributed by atoms with Crippen LogP contribution in [0.3, 0.4) is 0 Å². The second-order valence-corrected chi connectivity index (χ2v) is 7.12. The van der Waals surface area contributed by atoms with Crippen LogP contribution in [-0.2, 0) is 14.8 Å². The summed E-state index contributed by atoms with van der Waals surface area (Å²) < 4.78 is 36.3. The number of carbonyl (C=O) groups is 1. The SMILES string of the molecule is COC(=O)c1ccccc1N(C)S(=O)(=O)c1ccc2[nH]c(=O)oc2c1. The predicted octanol–water partition coefficient (Wildman–Crippen LogP) is 1.73. The monoisotopic (exact) mass is 362 g/mol. The number of nitrogens with one attached hydrogen (secondary N) is 1. The summed E-state index contributed by atoms with van der Waals surface area (Å²) in [6.07, 6.45) is 0. The zero-order valence-electron chi connectivity index (χ0n) is 13.3. The fourth-order valence-electron chi connectivity index (χ4n) is 2.40. The number of H-pyrrole nitrogens is 1. The van der Waals surface area contributed by atoms with Gasteiger partial charge in [0.25, 0.3) is 10.0 Å². The van der Waals surface area contributed by atoms with Crippen LogP contribution in [-0.4, -0.2) is 33.5 Å². The highest BCUT2D eigenvalue weighted by Crippen LogP contribution is 2.27. The summed E-state index contributed by atoms with van der Waals surface area (Å²) in [6, 6.07) is 10.2. The molecule has 0 spiro atoms. The number of para-hydroxylation sites is 1. The van der Waals surface area contributed by atoms with Gasteiger partial charge in [0.05, 0.1) is 28.8 Å². The molecule has 0 atom stereocenters. The number of fused-ring (bicyclic) bond motifs is 1. The predicted molar refractivity (Wildman–Crippen MR) is 90.2 cm³/mol. The van der Waals surface area contributed by atoms with Gasteiger partial charge in [-0.1, -0.05) is 12.1 Å². The minimum absolute atomic E-state index is 0.0788. The number of ether oxygens (including phenoxy) is 1. The lowest BCUT2D eigenvalue weighted by atomic mass is 10.2. The zero-order chi connectivity index (χ0) is 18.2. The summed E-state index contributed by atoms with van der Waals surface area (Å²) in [6.45, 7) is 0. The van der Waals surface area contributed by atoms with Crippen molar-refractivity contribution in [1.82, 2.24) is 4.98 Å². The number of esters is 1. The minimum Gasteiger partial charge on any atom is -0.465 e. The molecule has 0 aliphatic carbocycles. The lowest BCUT2D eigenvalue weighted by Gasteiger charge is -2.21. The molecule has 2 aromatic carbocycles. The number of methoxy groups -OCH3 is 1. The molecule has 0 aliphatic heterocycles. The van der Waals surface area contributed by atoms with E-state index in [0.29, 0.717) is 5.52 Å². The summed E-state index contributed by atoms with van der Waals surface area (Å²) in [4.78, 5) is 25.5. The second kappa shape index (κ2) is 6.10. The van der Waals surface area contributed by atoms with Gasteiger partial charge in [-0.25, -0.2) is 18.0 Å². The van der Waals surface area contributed by atoms with Gasteiger partial charge in [0, 0.05) is 13.1 Å². The summed E-state index contributed by atoms with van der Waals surface area (Å²) in [5.74, 6) is -1.32. The van der Waals surface area contributed by atoms with E-state index in [1.807, 2.05) is 0 Å². The van der Waals surface area contributed by atoms with E-state index in [4.69, 9.17) is 9.15 Å². The second-order valence-electron chi connectivity index (χ2n) is 5.15. The van der Waals surface area contributed by atoms with E-state index in [2.05, 4.69) is 4.98 Å². The summed E-state index contributed by atoms with van der Waals surface area (Å²) in [5.41, 5.74) is 0.803. The first-order valence-corrected chi connectivity index (χ1v) is 8.58. The van der Waals surface area contributed by atoms with Crippen LogP contribution < -0.4 is 10.1 Å². The van der Waals surface area contributed by atoms with Gasteiger partial charge < -0.3 is 9.15 Å². The first-order valence-electron chi connectivity index (χ1n) is 7.14. The summed E-state index contributed by atoms with van der Waals surface area (Å²) >= 11 is 0. The van der Waals surface area contributed by atoms with Crippen LogP contribution in [0.1, 0.15) is 10.4 Å². The van der Waals surface area contributed by atoms with Gasteiger partial charge in [-0.05, 0) is 24.3 Å². The van der Waals surface area contributed by atoms with Crippen LogP contribution in [0.25, 0.3) is 11.1 Å². The Morgan fingerprint density at radius 3 is 2.64 bits per heavy atom. The van der Waals surface area contributed by atoms with Crippen molar-refractivity contribution in [2.45, 2.75) is 4.90 Å². The average Bonchev–Trinajstić information content (AvgIpc) is 2.99. The van der Waals surface area contributed by atoms with Gasteiger partial charge in [-0.2, -0.15) is 0 Å². The fourth-order valence-corrected chi connectivity index (χ4v) is 3.63. The molecule has 1 heterocycles. The molecule has 0 amide bonds. The number of sulfonamides is 1. The number of oxazole rings is 1. The molecule has 130 valence electrons. The van der Waals surface area contributed by atoms with Crippen molar-refractivity contribution in [3.8, 4) is 0 Å². The molecule has 0 aliphatic rings. The Hall–Kier alpha value is -3.07. The molecule has 0 bridgehead atoms. The number of carbonyl (C=O) groups excluding carboxylic acids is 1. The van der Waals surface area contributed by atoms with Gasteiger partial charge in [-0.3, -0.25) is 9.29 Å². The first kappa shape index (κ1) is 16.8. The molecule has 9 heteroatoms. The largest absolute Gasteiger partial charge is 0.465 e. The Morgan fingerprint density at radius 1 is 1.20 bits per heavy atom. The van der Waals surface area contributed by atoms with E-state index in [-0.39, 0.29) is 21.7 Å². The van der Waals surface area contributed by atoms with Gasteiger partial charge in [0.1, 0.15) is 0 Å². The Morgan fingerprint density at radius 2 is 1.92 bits per heavy atom. The number of benzene rings is 2. The lowest BCUT2D eigenvalue weighted by Crippen LogP contribution is -2.28. The van der Waals surface area contributed by atoms with Crippen molar-refractivity contribution in [3.05, 3.63) is 58.6 Å². The molecule has 0 fully saturated rings. The van der Waals surface area contributed by atoms with E-state index in [1.165, 1.54) is 44.5 Å². The highest BCUT2D eigenvalue weighted by Gasteiger charge is 2.26. The highest BCUT2D eigenvalue weighted by atomic mass is 32.2. The molecule has 0 unspecified atom stereocenters. The van der Waals surface area contributed by atoms with Gasteiger partial charge >= 0.3 is 11.7 Å². The van der Waals surface area contributed by atoms with E-state index in [1.54, 1.807) is 12.1 Å². The molecule has 0 saturated heterocycles. The van der Waals surface area contributed by atoms with Gasteiger partial charge in [0.2, 0.25) is 0 Å². The maximum Gasteiger partial charge on any atom is 0.417 e. The van der Waals surface area contributed by atoms with Crippen molar-refractivity contribution >= 4 is 32.8 Å². The number of rotatable bonds is 4. The van der Waals surface area contributed by atoms with Crippen LogP contribution in [0.4, 0.5) is 5.69 Å². The van der Waals surface area contributed by atoms with Gasteiger partial charge in [-0.15, -0.1) is 0 Å². The molecule has 8 nitrogen and oxygen atoms in total. The maximum atomic E-state index is 12.9. The topological polar surface area (TPSA) is 110 Å². The molecule has 0 radical (unpaired) electrons.